The highest BCUT2D eigenvalue weighted by atomic mass is 15.1. The molecule has 2 aromatic carbocycles. The van der Waals surface area contributed by atoms with Crippen LogP contribution in [0.15, 0.2) is 42.6 Å². The van der Waals surface area contributed by atoms with Crippen LogP contribution in [0.3, 0.4) is 0 Å². The molecule has 0 atom stereocenters. The van der Waals surface area contributed by atoms with E-state index in [0.717, 1.165) is 35.2 Å². The minimum Gasteiger partial charge on any atom is -0.397 e. The molecule has 0 spiro atoms. The average Bonchev–Trinajstić information content (AvgIpc) is 2.88. The molecule has 3 aromatic rings. The number of nitrogens with one attached hydrogen (secondary N) is 2. The van der Waals surface area contributed by atoms with E-state index in [0.29, 0.717) is 0 Å². The van der Waals surface area contributed by atoms with Crippen molar-refractivity contribution >= 4 is 22.3 Å². The SMILES string of the molecule is Cc1ccccc1CCNc1cc2[nH]ncc2cc1N. The van der Waals surface area contributed by atoms with E-state index in [9.17, 15) is 0 Å². The van der Waals surface area contributed by atoms with Gasteiger partial charge >= 0.3 is 0 Å². The predicted octanol–water partition coefficient (Wildman–Crippen LogP) is 3.11. The summed E-state index contributed by atoms with van der Waals surface area (Å²) in [4.78, 5) is 0. The Bertz CT molecular complexity index is 730. The first-order valence-corrected chi connectivity index (χ1v) is 6.75. The molecule has 3 rings (SSSR count). The lowest BCUT2D eigenvalue weighted by atomic mass is 10.1. The van der Waals surface area contributed by atoms with Gasteiger partial charge in [0.15, 0.2) is 0 Å². The maximum Gasteiger partial charge on any atom is 0.0672 e. The summed E-state index contributed by atoms with van der Waals surface area (Å²) < 4.78 is 0. The third-order valence-electron chi connectivity index (χ3n) is 3.58. The number of rotatable bonds is 4. The number of aromatic nitrogens is 2. The van der Waals surface area contributed by atoms with Crippen molar-refractivity contribution in [1.82, 2.24) is 10.2 Å². The zero-order chi connectivity index (χ0) is 13.9. The van der Waals surface area contributed by atoms with E-state index >= 15 is 0 Å². The summed E-state index contributed by atoms with van der Waals surface area (Å²) in [6, 6.07) is 12.4. The molecule has 0 fully saturated rings. The fourth-order valence-electron chi connectivity index (χ4n) is 2.38. The standard InChI is InChI=1S/C16H18N4/c1-11-4-2-3-5-12(11)6-7-18-16-9-15-13(8-14(16)17)10-19-20-15/h2-5,8-10,18H,6-7,17H2,1H3,(H,19,20). The molecule has 20 heavy (non-hydrogen) atoms. The molecule has 0 saturated heterocycles. The van der Waals surface area contributed by atoms with Crippen LogP contribution in [0.25, 0.3) is 10.9 Å². The van der Waals surface area contributed by atoms with E-state index in [1.807, 2.05) is 12.1 Å². The van der Waals surface area contributed by atoms with Gasteiger partial charge in [0.1, 0.15) is 0 Å². The Morgan fingerprint density at radius 2 is 2.10 bits per heavy atom. The van der Waals surface area contributed by atoms with E-state index in [2.05, 4.69) is 46.7 Å². The molecule has 0 radical (unpaired) electrons. The van der Waals surface area contributed by atoms with Crippen LogP contribution in [-0.4, -0.2) is 16.7 Å². The summed E-state index contributed by atoms with van der Waals surface area (Å²) in [5.74, 6) is 0. The lowest BCUT2D eigenvalue weighted by Gasteiger charge is -2.10. The lowest BCUT2D eigenvalue weighted by Crippen LogP contribution is -2.07. The molecule has 1 aromatic heterocycles. The summed E-state index contributed by atoms with van der Waals surface area (Å²) in [5.41, 5.74) is 11.4. The number of hydrogen-bond donors (Lipinski definition) is 3. The third kappa shape index (κ3) is 2.45. The summed E-state index contributed by atoms with van der Waals surface area (Å²) in [6.07, 6.45) is 2.76. The fourth-order valence-corrected chi connectivity index (χ4v) is 2.38. The van der Waals surface area contributed by atoms with E-state index < -0.39 is 0 Å². The first-order chi connectivity index (χ1) is 9.74. The third-order valence-corrected chi connectivity index (χ3v) is 3.58. The Morgan fingerprint density at radius 1 is 1.25 bits per heavy atom. The van der Waals surface area contributed by atoms with Crippen molar-refractivity contribution in [2.45, 2.75) is 13.3 Å². The summed E-state index contributed by atoms with van der Waals surface area (Å²) in [5, 5.41) is 11.4. The maximum atomic E-state index is 6.05. The van der Waals surface area contributed by atoms with Crippen LogP contribution in [-0.2, 0) is 6.42 Å². The highest BCUT2D eigenvalue weighted by Crippen LogP contribution is 2.24. The second-order valence-electron chi connectivity index (χ2n) is 5.00. The molecule has 0 aliphatic rings. The van der Waals surface area contributed by atoms with Crippen LogP contribution in [0.4, 0.5) is 11.4 Å². The number of anilines is 2. The quantitative estimate of drug-likeness (QED) is 0.636. The van der Waals surface area contributed by atoms with Gasteiger partial charge in [0, 0.05) is 11.9 Å². The molecule has 0 aliphatic carbocycles. The van der Waals surface area contributed by atoms with Crippen LogP contribution in [0.5, 0.6) is 0 Å². The van der Waals surface area contributed by atoms with Gasteiger partial charge in [-0.3, -0.25) is 5.10 Å². The van der Waals surface area contributed by atoms with Gasteiger partial charge in [-0.2, -0.15) is 5.10 Å². The topological polar surface area (TPSA) is 66.7 Å². The highest BCUT2D eigenvalue weighted by molar-refractivity contribution is 5.88. The number of aryl methyl sites for hydroxylation is 1. The van der Waals surface area contributed by atoms with Crippen molar-refractivity contribution in [3.8, 4) is 0 Å². The van der Waals surface area contributed by atoms with Crippen molar-refractivity contribution in [2.75, 3.05) is 17.6 Å². The number of hydrogen-bond acceptors (Lipinski definition) is 3. The van der Waals surface area contributed by atoms with Crippen molar-refractivity contribution < 1.29 is 0 Å². The van der Waals surface area contributed by atoms with Crippen LogP contribution in [0.2, 0.25) is 0 Å². The Kier molecular flexibility index (Phi) is 3.29. The maximum absolute atomic E-state index is 6.05. The second kappa shape index (κ2) is 5.25. The summed E-state index contributed by atoms with van der Waals surface area (Å²) >= 11 is 0. The zero-order valence-corrected chi connectivity index (χ0v) is 11.5. The fraction of sp³-hybridized carbons (Fsp3) is 0.188. The minimum atomic E-state index is 0.753. The Hall–Kier alpha value is -2.49. The molecule has 0 aliphatic heterocycles. The molecule has 4 nitrogen and oxygen atoms in total. The van der Waals surface area contributed by atoms with Crippen molar-refractivity contribution in [2.24, 2.45) is 0 Å². The molecule has 4 N–H and O–H groups in total. The normalized spacial score (nSPS) is 10.8. The zero-order valence-electron chi connectivity index (χ0n) is 11.5. The molecule has 0 bridgehead atoms. The number of nitrogens with two attached hydrogens (primary N) is 1. The van der Waals surface area contributed by atoms with Gasteiger partial charge < -0.3 is 11.1 Å². The van der Waals surface area contributed by atoms with Gasteiger partial charge in [0.2, 0.25) is 0 Å². The molecule has 102 valence electrons. The van der Waals surface area contributed by atoms with Gasteiger partial charge in [0.05, 0.1) is 23.1 Å². The highest BCUT2D eigenvalue weighted by Gasteiger charge is 2.04. The first kappa shape index (κ1) is 12.5. The number of H-pyrrole nitrogens is 1. The Balaban J connectivity index is 1.71. The lowest BCUT2D eigenvalue weighted by molar-refractivity contribution is 1.01. The summed E-state index contributed by atoms with van der Waals surface area (Å²) in [6.45, 7) is 3.00. The number of nitrogen functional groups attached to an aromatic ring is 1. The smallest absolute Gasteiger partial charge is 0.0672 e. The van der Waals surface area contributed by atoms with Crippen molar-refractivity contribution in [1.29, 1.82) is 0 Å². The summed E-state index contributed by atoms with van der Waals surface area (Å²) in [7, 11) is 0. The average molecular weight is 266 g/mol. The van der Waals surface area contributed by atoms with Crippen LogP contribution < -0.4 is 11.1 Å². The molecule has 0 saturated carbocycles. The van der Waals surface area contributed by atoms with Crippen LogP contribution in [0.1, 0.15) is 11.1 Å². The van der Waals surface area contributed by atoms with Gasteiger partial charge in [0.25, 0.3) is 0 Å². The van der Waals surface area contributed by atoms with Gasteiger partial charge in [-0.1, -0.05) is 24.3 Å². The van der Waals surface area contributed by atoms with E-state index in [1.165, 1.54) is 11.1 Å². The van der Waals surface area contributed by atoms with Crippen LogP contribution in [0, 0.1) is 6.92 Å². The number of fused-ring (bicyclic) bond motifs is 1. The molecule has 0 unspecified atom stereocenters. The predicted molar refractivity (Wildman–Crippen MR) is 83.9 cm³/mol. The van der Waals surface area contributed by atoms with Crippen molar-refractivity contribution in [3.63, 3.8) is 0 Å². The molecule has 1 heterocycles. The second-order valence-corrected chi connectivity index (χ2v) is 5.00. The molecular formula is C16H18N4. The van der Waals surface area contributed by atoms with E-state index in [4.69, 9.17) is 5.73 Å². The van der Waals surface area contributed by atoms with Crippen molar-refractivity contribution in [3.05, 3.63) is 53.7 Å². The number of nitrogens with zero attached hydrogens (tertiary/aromatic N) is 1. The molecular weight excluding hydrogens is 248 g/mol. The molecule has 0 amide bonds. The Morgan fingerprint density at radius 3 is 2.95 bits per heavy atom. The number of aromatic amines is 1. The van der Waals surface area contributed by atoms with E-state index in [-0.39, 0.29) is 0 Å². The van der Waals surface area contributed by atoms with Crippen LogP contribution >= 0.6 is 0 Å². The van der Waals surface area contributed by atoms with Gasteiger partial charge in [-0.15, -0.1) is 0 Å². The van der Waals surface area contributed by atoms with E-state index in [1.54, 1.807) is 6.20 Å². The number of benzene rings is 2. The minimum absolute atomic E-state index is 0.753. The largest absolute Gasteiger partial charge is 0.397 e. The monoisotopic (exact) mass is 266 g/mol. The van der Waals surface area contributed by atoms with Gasteiger partial charge in [-0.05, 0) is 36.6 Å². The van der Waals surface area contributed by atoms with Gasteiger partial charge in [-0.25, -0.2) is 0 Å². The first-order valence-electron chi connectivity index (χ1n) is 6.75. The Labute approximate surface area is 118 Å². The molecule has 4 heteroatoms.